The van der Waals surface area contributed by atoms with Crippen molar-refractivity contribution in [2.24, 2.45) is 0 Å². The number of aromatic amines is 2. The Kier molecular flexibility index (Phi) is 5.26. The zero-order valence-electron chi connectivity index (χ0n) is 16.0. The van der Waals surface area contributed by atoms with Crippen LogP contribution in [-0.4, -0.2) is 19.3 Å². The van der Waals surface area contributed by atoms with Gasteiger partial charge in [-0.2, -0.15) is 0 Å². The number of nitrogens with zero attached hydrogens (tertiary/aromatic N) is 3. The molecule has 7 nitrogen and oxygen atoms in total. The Morgan fingerprint density at radius 3 is 2.76 bits per heavy atom. The number of para-hydroxylation sites is 1. The fourth-order valence-corrected chi connectivity index (χ4v) is 4.39. The van der Waals surface area contributed by atoms with Crippen molar-refractivity contribution < 1.29 is 34.5 Å². The van der Waals surface area contributed by atoms with Crippen molar-refractivity contribution in [3.05, 3.63) is 86.8 Å². The van der Waals surface area contributed by atoms with E-state index in [-0.39, 0.29) is 40.7 Å². The first-order valence-corrected chi connectivity index (χ1v) is 9.59. The molecule has 0 aliphatic heterocycles. The molecular weight excluding hydrogens is 397 g/mol. The largest absolute Gasteiger partial charge is 1.00 e. The van der Waals surface area contributed by atoms with Gasteiger partial charge in [-0.05, 0) is 42.0 Å². The number of H-pyrrole nitrogens is 2. The van der Waals surface area contributed by atoms with Gasteiger partial charge in [0, 0.05) is 24.2 Å². The van der Waals surface area contributed by atoms with Crippen molar-refractivity contribution in [2.75, 3.05) is 0 Å². The van der Waals surface area contributed by atoms with Crippen molar-refractivity contribution in [1.82, 2.24) is 19.3 Å². The summed E-state index contributed by atoms with van der Waals surface area (Å²) in [4.78, 5) is 33.1. The third kappa shape index (κ3) is 3.38. The van der Waals surface area contributed by atoms with Gasteiger partial charge in [-0.1, -0.05) is 22.9 Å². The SMILES string of the molecule is Cc1c2c(=O)n(-c3[nH+]c4ccccc4s3)[nH]c2cc(=O)n1Cc1cccnc1.[Na+]. The van der Waals surface area contributed by atoms with Crippen LogP contribution in [0.15, 0.2) is 64.4 Å². The first kappa shape index (κ1) is 19.8. The fraction of sp³-hybridized carbons (Fsp3) is 0.100. The summed E-state index contributed by atoms with van der Waals surface area (Å²) in [5, 5.41) is 4.25. The monoisotopic (exact) mass is 413 g/mol. The molecular formula is C20H16N5NaO2S+2. The predicted molar refractivity (Wildman–Crippen MR) is 108 cm³/mol. The zero-order valence-corrected chi connectivity index (χ0v) is 18.8. The third-order valence-electron chi connectivity index (χ3n) is 4.82. The second kappa shape index (κ2) is 7.72. The van der Waals surface area contributed by atoms with E-state index in [9.17, 15) is 9.59 Å². The van der Waals surface area contributed by atoms with Crippen LogP contribution in [0.1, 0.15) is 11.3 Å². The van der Waals surface area contributed by atoms with Crippen LogP contribution in [0.5, 0.6) is 0 Å². The fourth-order valence-electron chi connectivity index (χ4n) is 3.43. The molecule has 4 heterocycles. The van der Waals surface area contributed by atoms with Gasteiger partial charge in [0.1, 0.15) is 10.9 Å². The van der Waals surface area contributed by atoms with Crippen LogP contribution in [-0.2, 0) is 6.54 Å². The summed E-state index contributed by atoms with van der Waals surface area (Å²) in [6.07, 6.45) is 3.41. The van der Waals surface area contributed by atoms with Gasteiger partial charge in [-0.3, -0.25) is 9.78 Å². The van der Waals surface area contributed by atoms with Crippen molar-refractivity contribution >= 4 is 32.5 Å². The minimum absolute atomic E-state index is 0. The molecule has 1 aromatic carbocycles. The van der Waals surface area contributed by atoms with Crippen molar-refractivity contribution in [2.45, 2.75) is 13.5 Å². The van der Waals surface area contributed by atoms with Gasteiger partial charge in [0.25, 0.3) is 5.56 Å². The standard InChI is InChI=1S/C20H15N5O2S.Na/c1-12-18-15(9-17(26)24(12)11-13-5-4-8-21-10-13)23-25(19(18)27)20-22-14-6-2-3-7-16(14)28-20;/h2-10,23H,11H2,1H3;/q;+1/p+1. The van der Waals surface area contributed by atoms with Crippen LogP contribution in [0, 0.1) is 6.92 Å². The minimum atomic E-state index is -0.185. The molecule has 29 heavy (non-hydrogen) atoms. The number of hydrogen-bond acceptors (Lipinski definition) is 4. The molecule has 0 bridgehead atoms. The molecule has 0 saturated carbocycles. The van der Waals surface area contributed by atoms with E-state index >= 15 is 0 Å². The van der Waals surface area contributed by atoms with Gasteiger partial charge in [0.15, 0.2) is 0 Å². The number of fused-ring (bicyclic) bond motifs is 2. The molecule has 0 amide bonds. The van der Waals surface area contributed by atoms with E-state index in [4.69, 9.17) is 0 Å². The van der Waals surface area contributed by atoms with E-state index in [0.717, 1.165) is 15.8 Å². The van der Waals surface area contributed by atoms with E-state index in [2.05, 4.69) is 15.1 Å². The summed E-state index contributed by atoms with van der Waals surface area (Å²) < 4.78 is 4.12. The molecule has 0 aliphatic carbocycles. The molecule has 2 N–H and O–H groups in total. The maximum atomic E-state index is 13.1. The first-order chi connectivity index (χ1) is 13.6. The van der Waals surface area contributed by atoms with Gasteiger partial charge in [-0.15, -0.1) is 0 Å². The second-order valence-corrected chi connectivity index (χ2v) is 7.62. The van der Waals surface area contributed by atoms with E-state index in [1.165, 1.54) is 22.1 Å². The van der Waals surface area contributed by atoms with Gasteiger partial charge < -0.3 is 4.57 Å². The maximum Gasteiger partial charge on any atom is 1.00 e. The van der Waals surface area contributed by atoms with E-state index < -0.39 is 0 Å². The Bertz CT molecular complexity index is 1420. The third-order valence-corrected chi connectivity index (χ3v) is 5.87. The van der Waals surface area contributed by atoms with E-state index in [0.29, 0.717) is 28.3 Å². The van der Waals surface area contributed by atoms with E-state index in [1.807, 2.05) is 36.4 Å². The van der Waals surface area contributed by atoms with Gasteiger partial charge >= 0.3 is 40.2 Å². The number of aryl methyl sites for hydroxylation is 1. The normalized spacial score (nSPS) is 11.1. The average molecular weight is 413 g/mol. The molecule has 138 valence electrons. The molecule has 9 heteroatoms. The van der Waals surface area contributed by atoms with Gasteiger partial charge in [0.05, 0.1) is 16.8 Å². The molecule has 0 radical (unpaired) electrons. The topological polar surface area (TPSA) is 86.8 Å². The molecule has 0 atom stereocenters. The first-order valence-electron chi connectivity index (χ1n) is 8.77. The average Bonchev–Trinajstić information content (AvgIpc) is 3.27. The molecule has 0 aliphatic rings. The van der Waals surface area contributed by atoms with E-state index in [1.54, 1.807) is 23.9 Å². The molecule has 0 spiro atoms. The Morgan fingerprint density at radius 2 is 2.00 bits per heavy atom. The quantitative estimate of drug-likeness (QED) is 0.396. The number of nitrogens with one attached hydrogen (secondary N) is 2. The molecule has 0 unspecified atom stereocenters. The Labute approximate surface area is 190 Å². The number of hydrogen-bond donors (Lipinski definition) is 1. The van der Waals surface area contributed by atoms with Crippen LogP contribution in [0.4, 0.5) is 0 Å². The molecule has 4 aromatic heterocycles. The van der Waals surface area contributed by atoms with Crippen molar-refractivity contribution in [3.8, 4) is 5.13 Å². The summed E-state index contributed by atoms with van der Waals surface area (Å²) in [6.45, 7) is 2.17. The summed E-state index contributed by atoms with van der Waals surface area (Å²) in [6, 6.07) is 13.1. The number of thiazole rings is 1. The van der Waals surface area contributed by atoms with Crippen LogP contribution >= 0.6 is 11.3 Å². The Hall–Kier alpha value is -2.52. The van der Waals surface area contributed by atoms with Gasteiger partial charge in [0.2, 0.25) is 0 Å². The predicted octanol–water partition coefficient (Wildman–Crippen LogP) is -0.735. The second-order valence-electron chi connectivity index (χ2n) is 6.58. The minimum Gasteiger partial charge on any atom is -0.307 e. The number of benzene rings is 1. The number of rotatable bonds is 3. The molecule has 0 saturated heterocycles. The smallest absolute Gasteiger partial charge is 0.307 e. The zero-order chi connectivity index (χ0) is 19.3. The van der Waals surface area contributed by atoms with Gasteiger partial charge in [-0.25, -0.2) is 14.9 Å². The Balaban J connectivity index is 0.00000205. The summed E-state index contributed by atoms with van der Waals surface area (Å²) in [5.74, 6) is 0. The van der Waals surface area contributed by atoms with Crippen molar-refractivity contribution in [3.63, 3.8) is 0 Å². The van der Waals surface area contributed by atoms with Crippen LogP contribution in [0.2, 0.25) is 0 Å². The van der Waals surface area contributed by atoms with Crippen LogP contribution < -0.4 is 45.7 Å². The molecule has 5 rings (SSSR count). The summed E-state index contributed by atoms with van der Waals surface area (Å²) in [7, 11) is 0. The van der Waals surface area contributed by atoms with Crippen LogP contribution in [0.25, 0.3) is 26.3 Å². The van der Waals surface area contributed by atoms with Crippen molar-refractivity contribution in [1.29, 1.82) is 0 Å². The summed E-state index contributed by atoms with van der Waals surface area (Å²) >= 11 is 1.48. The Morgan fingerprint density at radius 1 is 1.17 bits per heavy atom. The van der Waals surface area contributed by atoms with Crippen LogP contribution in [0.3, 0.4) is 0 Å². The maximum absolute atomic E-state index is 13.1. The number of pyridine rings is 2. The molecule has 0 fully saturated rings. The number of aromatic nitrogens is 5. The summed E-state index contributed by atoms with van der Waals surface area (Å²) in [5.41, 5.74) is 2.67. The molecule has 5 aromatic rings.